The number of amides is 1. The van der Waals surface area contributed by atoms with Gasteiger partial charge in [0.25, 0.3) is 0 Å². The van der Waals surface area contributed by atoms with Crippen molar-refractivity contribution in [3.63, 3.8) is 0 Å². The molecule has 0 bridgehead atoms. The highest BCUT2D eigenvalue weighted by atomic mass is 16.3. The first-order valence-corrected chi connectivity index (χ1v) is 9.87. The van der Waals surface area contributed by atoms with E-state index in [0.717, 1.165) is 38.5 Å². The Kier molecular flexibility index (Phi) is 6.69. The second-order valence-electron chi connectivity index (χ2n) is 7.75. The topological polar surface area (TPSA) is 48.7 Å². The molecule has 1 aliphatic rings. The summed E-state index contributed by atoms with van der Waals surface area (Å²) >= 11 is 0. The van der Waals surface area contributed by atoms with Gasteiger partial charge in [-0.05, 0) is 36.1 Å². The summed E-state index contributed by atoms with van der Waals surface area (Å²) in [4.78, 5) is 17.0. The zero-order valence-corrected chi connectivity index (χ0v) is 16.6. The number of furan rings is 1. The number of nitrogens with one attached hydrogen (secondary N) is 1. The normalized spacial score (nSPS) is 17.2. The van der Waals surface area contributed by atoms with Crippen LogP contribution in [0.2, 0.25) is 0 Å². The van der Waals surface area contributed by atoms with Gasteiger partial charge in [0.15, 0.2) is 0 Å². The summed E-state index contributed by atoms with van der Waals surface area (Å²) in [6.07, 6.45) is 1.63. The number of hydrogen-bond donors (Lipinski definition) is 1. The monoisotopic (exact) mass is 369 g/mol. The molecule has 2 aromatic rings. The lowest BCUT2D eigenvalue weighted by molar-refractivity contribution is -0.123. The highest BCUT2D eigenvalue weighted by molar-refractivity contribution is 5.78. The quantitative estimate of drug-likeness (QED) is 0.813. The van der Waals surface area contributed by atoms with Crippen molar-refractivity contribution < 1.29 is 9.21 Å². The maximum atomic E-state index is 12.3. The van der Waals surface area contributed by atoms with Crippen LogP contribution in [-0.4, -0.2) is 48.4 Å². The lowest BCUT2D eigenvalue weighted by Crippen LogP contribution is -2.49. The van der Waals surface area contributed by atoms with Gasteiger partial charge in [-0.1, -0.05) is 38.1 Å². The standard InChI is InChI=1S/C22H31N3O2/c1-17(2)20-8-6-19(7-9-20)15-24-10-12-25(13-11-24)16-22(26)23-18(3)21-5-4-14-27-21/h4-9,14,17-18H,10-13,15-16H2,1-3H3,(H,23,26)/t18-/m0/s1. The average Bonchev–Trinajstić information content (AvgIpc) is 3.18. The highest BCUT2D eigenvalue weighted by Gasteiger charge is 2.20. The van der Waals surface area contributed by atoms with Gasteiger partial charge in [-0.15, -0.1) is 0 Å². The highest BCUT2D eigenvalue weighted by Crippen LogP contribution is 2.16. The molecule has 0 unspecified atom stereocenters. The van der Waals surface area contributed by atoms with E-state index in [-0.39, 0.29) is 11.9 Å². The molecule has 5 nitrogen and oxygen atoms in total. The molecule has 27 heavy (non-hydrogen) atoms. The van der Waals surface area contributed by atoms with E-state index in [2.05, 4.69) is 53.2 Å². The second kappa shape index (κ2) is 9.20. The van der Waals surface area contributed by atoms with Crippen LogP contribution in [0.4, 0.5) is 0 Å². The Morgan fingerprint density at radius 2 is 1.70 bits per heavy atom. The summed E-state index contributed by atoms with van der Waals surface area (Å²) in [6.45, 7) is 11.6. The molecule has 146 valence electrons. The fourth-order valence-electron chi connectivity index (χ4n) is 3.47. The van der Waals surface area contributed by atoms with E-state index in [4.69, 9.17) is 4.42 Å². The molecule has 5 heteroatoms. The summed E-state index contributed by atoms with van der Waals surface area (Å²) in [5.41, 5.74) is 2.75. The number of rotatable bonds is 7. The molecule has 1 atom stereocenters. The molecule has 3 rings (SSSR count). The van der Waals surface area contributed by atoms with Crippen LogP contribution in [0.1, 0.15) is 49.6 Å². The van der Waals surface area contributed by atoms with Crippen molar-refractivity contribution in [2.75, 3.05) is 32.7 Å². The Balaban J connectivity index is 1.40. The fraction of sp³-hybridized carbons (Fsp3) is 0.500. The van der Waals surface area contributed by atoms with Gasteiger partial charge in [-0.25, -0.2) is 0 Å². The molecule has 1 N–H and O–H groups in total. The van der Waals surface area contributed by atoms with Crippen molar-refractivity contribution in [3.8, 4) is 0 Å². The minimum atomic E-state index is -0.0948. The SMILES string of the molecule is CC(C)c1ccc(CN2CCN(CC(=O)N[C@@H](C)c3ccco3)CC2)cc1. The second-order valence-corrected chi connectivity index (χ2v) is 7.75. The maximum absolute atomic E-state index is 12.3. The van der Waals surface area contributed by atoms with Crippen LogP contribution in [0.25, 0.3) is 0 Å². The Labute approximate surface area is 162 Å². The summed E-state index contributed by atoms with van der Waals surface area (Å²) in [5.74, 6) is 1.41. The van der Waals surface area contributed by atoms with Crippen molar-refractivity contribution >= 4 is 5.91 Å². The number of hydrogen-bond acceptors (Lipinski definition) is 4. The third-order valence-electron chi connectivity index (χ3n) is 5.23. The Morgan fingerprint density at radius 1 is 1.04 bits per heavy atom. The van der Waals surface area contributed by atoms with Gasteiger partial charge in [0.1, 0.15) is 5.76 Å². The van der Waals surface area contributed by atoms with Gasteiger partial charge in [-0.3, -0.25) is 14.6 Å². The van der Waals surface area contributed by atoms with E-state index < -0.39 is 0 Å². The lowest BCUT2D eigenvalue weighted by atomic mass is 10.0. The molecule has 2 heterocycles. The van der Waals surface area contributed by atoms with Crippen molar-refractivity contribution in [2.45, 2.75) is 39.3 Å². The van der Waals surface area contributed by atoms with E-state index in [1.165, 1.54) is 11.1 Å². The molecule has 1 saturated heterocycles. The van der Waals surface area contributed by atoms with Gasteiger partial charge in [0, 0.05) is 32.7 Å². The number of piperazine rings is 1. The van der Waals surface area contributed by atoms with Gasteiger partial charge in [-0.2, -0.15) is 0 Å². The number of carbonyl (C=O) groups excluding carboxylic acids is 1. The smallest absolute Gasteiger partial charge is 0.234 e. The predicted molar refractivity (Wildman–Crippen MR) is 108 cm³/mol. The van der Waals surface area contributed by atoms with E-state index in [1.54, 1.807) is 6.26 Å². The molecular formula is C22H31N3O2. The van der Waals surface area contributed by atoms with Gasteiger partial charge in [0.05, 0.1) is 18.8 Å². The third-order valence-corrected chi connectivity index (χ3v) is 5.23. The summed E-state index contributed by atoms with van der Waals surface area (Å²) < 4.78 is 5.34. The van der Waals surface area contributed by atoms with E-state index in [9.17, 15) is 4.79 Å². The van der Waals surface area contributed by atoms with Crippen LogP contribution < -0.4 is 5.32 Å². The number of benzene rings is 1. The first kappa shape index (κ1) is 19.6. The van der Waals surface area contributed by atoms with Crippen molar-refractivity contribution in [2.24, 2.45) is 0 Å². The fourth-order valence-corrected chi connectivity index (χ4v) is 3.47. The molecule has 1 fully saturated rings. The largest absolute Gasteiger partial charge is 0.467 e. The maximum Gasteiger partial charge on any atom is 0.234 e. The van der Waals surface area contributed by atoms with Crippen LogP contribution in [-0.2, 0) is 11.3 Å². The van der Waals surface area contributed by atoms with Crippen LogP contribution in [0.3, 0.4) is 0 Å². The first-order valence-electron chi connectivity index (χ1n) is 9.87. The third kappa shape index (κ3) is 5.68. The van der Waals surface area contributed by atoms with Crippen molar-refractivity contribution in [1.29, 1.82) is 0 Å². The van der Waals surface area contributed by atoms with Gasteiger partial charge in [0.2, 0.25) is 5.91 Å². The molecule has 0 saturated carbocycles. The first-order chi connectivity index (χ1) is 13.0. The Bertz CT molecular complexity index is 702. The molecule has 1 aliphatic heterocycles. The number of nitrogens with zero attached hydrogens (tertiary/aromatic N) is 2. The van der Waals surface area contributed by atoms with E-state index in [1.807, 2.05) is 19.1 Å². The molecule has 1 aromatic carbocycles. The van der Waals surface area contributed by atoms with Crippen LogP contribution in [0.5, 0.6) is 0 Å². The minimum absolute atomic E-state index is 0.0524. The van der Waals surface area contributed by atoms with Crippen molar-refractivity contribution in [1.82, 2.24) is 15.1 Å². The van der Waals surface area contributed by atoms with Crippen LogP contribution >= 0.6 is 0 Å². The van der Waals surface area contributed by atoms with Crippen LogP contribution in [0, 0.1) is 0 Å². The minimum Gasteiger partial charge on any atom is -0.467 e. The summed E-state index contributed by atoms with van der Waals surface area (Å²) in [5, 5.41) is 3.01. The molecule has 0 radical (unpaired) electrons. The lowest BCUT2D eigenvalue weighted by Gasteiger charge is -2.34. The van der Waals surface area contributed by atoms with E-state index >= 15 is 0 Å². The molecule has 0 spiro atoms. The summed E-state index contributed by atoms with van der Waals surface area (Å²) in [7, 11) is 0. The molecule has 1 aromatic heterocycles. The van der Waals surface area contributed by atoms with Crippen LogP contribution in [0.15, 0.2) is 47.1 Å². The van der Waals surface area contributed by atoms with Gasteiger partial charge >= 0.3 is 0 Å². The number of carbonyl (C=O) groups is 1. The Morgan fingerprint density at radius 3 is 2.30 bits per heavy atom. The zero-order valence-electron chi connectivity index (χ0n) is 16.6. The van der Waals surface area contributed by atoms with Crippen molar-refractivity contribution in [3.05, 3.63) is 59.5 Å². The summed E-state index contributed by atoms with van der Waals surface area (Å²) in [6, 6.07) is 12.6. The predicted octanol–water partition coefficient (Wildman–Crippen LogP) is 3.40. The molecule has 0 aliphatic carbocycles. The molecular weight excluding hydrogens is 338 g/mol. The zero-order chi connectivity index (χ0) is 19.2. The van der Waals surface area contributed by atoms with E-state index in [0.29, 0.717) is 12.5 Å². The molecule has 1 amide bonds. The van der Waals surface area contributed by atoms with Gasteiger partial charge < -0.3 is 9.73 Å². The Hall–Kier alpha value is -2.11. The average molecular weight is 370 g/mol.